The van der Waals surface area contributed by atoms with Gasteiger partial charge in [0.05, 0.1) is 14.3 Å². The van der Waals surface area contributed by atoms with Crippen LogP contribution in [0.4, 0.5) is 0 Å². The van der Waals surface area contributed by atoms with E-state index in [-0.39, 0.29) is 5.75 Å². The number of hydrogen-bond donors (Lipinski definition) is 1. The van der Waals surface area contributed by atoms with E-state index in [1.807, 2.05) is 23.7 Å². The zero-order valence-electron chi connectivity index (χ0n) is 8.61. The Morgan fingerprint density at radius 3 is 2.88 bits per heavy atom. The van der Waals surface area contributed by atoms with E-state index < -0.39 is 0 Å². The lowest BCUT2D eigenvalue weighted by Gasteiger charge is -2.07. The van der Waals surface area contributed by atoms with Crippen molar-refractivity contribution in [3.8, 4) is 17.0 Å². The average molecular weight is 349 g/mol. The highest BCUT2D eigenvalue weighted by Gasteiger charge is 2.10. The molecule has 0 aliphatic carbocycles. The van der Waals surface area contributed by atoms with Crippen LogP contribution in [0.1, 0.15) is 6.92 Å². The number of aromatic nitrogens is 2. The molecule has 1 aromatic carbocycles. The molecule has 1 heterocycles. The van der Waals surface area contributed by atoms with Crippen molar-refractivity contribution in [2.75, 3.05) is 0 Å². The summed E-state index contributed by atoms with van der Waals surface area (Å²) in [5.41, 5.74) is 1.97. The van der Waals surface area contributed by atoms with E-state index in [9.17, 15) is 5.11 Å². The van der Waals surface area contributed by atoms with Crippen LogP contribution in [0.5, 0.6) is 5.75 Å². The Hall–Kier alpha value is -0.750. The Bertz CT molecular complexity index is 501. The number of aryl methyl sites for hydroxylation is 1. The molecule has 0 unspecified atom stereocenters. The van der Waals surface area contributed by atoms with Crippen LogP contribution in [0.25, 0.3) is 11.3 Å². The van der Waals surface area contributed by atoms with Gasteiger partial charge in [-0.3, -0.25) is 4.68 Å². The Morgan fingerprint density at radius 2 is 2.25 bits per heavy atom. The smallest absolute Gasteiger partial charge is 0.147 e. The van der Waals surface area contributed by atoms with Gasteiger partial charge in [-0.25, -0.2) is 0 Å². The van der Waals surface area contributed by atoms with Crippen LogP contribution >= 0.6 is 34.2 Å². The monoisotopic (exact) mass is 348 g/mol. The van der Waals surface area contributed by atoms with Crippen LogP contribution in [0.15, 0.2) is 24.4 Å². The molecule has 0 spiro atoms. The van der Waals surface area contributed by atoms with Crippen LogP contribution in [0.2, 0.25) is 5.02 Å². The third-order valence-corrected chi connectivity index (χ3v) is 3.44. The van der Waals surface area contributed by atoms with Crippen LogP contribution in [0, 0.1) is 3.57 Å². The molecule has 0 saturated heterocycles. The van der Waals surface area contributed by atoms with Gasteiger partial charge in [0, 0.05) is 18.3 Å². The number of halogens is 2. The van der Waals surface area contributed by atoms with Crippen molar-refractivity contribution >= 4 is 34.2 Å². The summed E-state index contributed by atoms with van der Waals surface area (Å²) >= 11 is 8.01. The van der Waals surface area contributed by atoms with Crippen molar-refractivity contribution in [2.45, 2.75) is 13.5 Å². The summed E-state index contributed by atoms with van der Waals surface area (Å²) in [6.45, 7) is 2.83. The van der Waals surface area contributed by atoms with Crippen LogP contribution < -0.4 is 0 Å². The van der Waals surface area contributed by atoms with Gasteiger partial charge in [0.2, 0.25) is 0 Å². The van der Waals surface area contributed by atoms with Crippen molar-refractivity contribution in [3.05, 3.63) is 33.0 Å². The summed E-state index contributed by atoms with van der Waals surface area (Å²) in [5, 5.41) is 14.2. The van der Waals surface area contributed by atoms with Gasteiger partial charge in [0.15, 0.2) is 0 Å². The van der Waals surface area contributed by atoms with Gasteiger partial charge in [-0.2, -0.15) is 5.10 Å². The zero-order chi connectivity index (χ0) is 11.7. The molecule has 0 aliphatic heterocycles. The first-order valence-corrected chi connectivity index (χ1v) is 6.29. The molecule has 2 rings (SSSR count). The molecular formula is C11H10ClIN2O. The highest BCUT2D eigenvalue weighted by Crippen LogP contribution is 2.34. The standard InChI is InChI=1S/C11H10ClIN2O/c1-2-15-10(3-4-14-15)7-5-8(12)11(16)9(13)6-7/h3-6,16H,2H2,1H3. The summed E-state index contributed by atoms with van der Waals surface area (Å²) < 4.78 is 2.63. The summed E-state index contributed by atoms with van der Waals surface area (Å²) in [6.07, 6.45) is 1.76. The SMILES string of the molecule is CCn1nccc1-c1cc(Cl)c(O)c(I)c1. The number of nitrogens with zero attached hydrogens (tertiary/aromatic N) is 2. The summed E-state index contributed by atoms with van der Waals surface area (Å²) in [7, 11) is 0. The number of phenolic OH excluding ortho intramolecular Hbond substituents is 1. The average Bonchev–Trinajstić information content (AvgIpc) is 2.73. The highest BCUT2D eigenvalue weighted by molar-refractivity contribution is 14.1. The van der Waals surface area contributed by atoms with Crippen molar-refractivity contribution < 1.29 is 5.11 Å². The van der Waals surface area contributed by atoms with Gasteiger partial charge in [0.1, 0.15) is 5.75 Å². The minimum atomic E-state index is 0.133. The van der Waals surface area contributed by atoms with Gasteiger partial charge in [-0.1, -0.05) is 11.6 Å². The molecule has 0 radical (unpaired) electrons. The van der Waals surface area contributed by atoms with E-state index in [0.29, 0.717) is 5.02 Å². The van der Waals surface area contributed by atoms with E-state index in [1.165, 1.54) is 0 Å². The first kappa shape index (κ1) is 11.7. The fraction of sp³-hybridized carbons (Fsp3) is 0.182. The Labute approximate surface area is 112 Å². The number of benzene rings is 1. The quantitative estimate of drug-likeness (QED) is 0.843. The third-order valence-electron chi connectivity index (χ3n) is 2.33. The Kier molecular flexibility index (Phi) is 3.39. The van der Waals surface area contributed by atoms with Crippen LogP contribution in [0.3, 0.4) is 0 Å². The molecule has 3 nitrogen and oxygen atoms in total. The molecule has 0 atom stereocenters. The minimum Gasteiger partial charge on any atom is -0.505 e. The maximum absolute atomic E-state index is 9.59. The molecule has 0 fully saturated rings. The molecule has 1 N–H and O–H groups in total. The topological polar surface area (TPSA) is 38.0 Å². The van der Waals surface area contributed by atoms with Gasteiger partial charge in [0.25, 0.3) is 0 Å². The maximum Gasteiger partial charge on any atom is 0.147 e. The molecule has 0 saturated carbocycles. The predicted molar refractivity (Wildman–Crippen MR) is 72.7 cm³/mol. The number of hydrogen-bond acceptors (Lipinski definition) is 2. The van der Waals surface area contributed by atoms with E-state index in [0.717, 1.165) is 21.4 Å². The molecule has 2 aromatic rings. The second-order valence-corrected chi connectivity index (χ2v) is 4.89. The predicted octanol–water partition coefficient (Wildman–Crippen LogP) is 3.53. The molecular weight excluding hydrogens is 338 g/mol. The molecule has 5 heteroatoms. The number of rotatable bonds is 2. The highest BCUT2D eigenvalue weighted by atomic mass is 127. The molecule has 0 bridgehead atoms. The Morgan fingerprint density at radius 1 is 1.50 bits per heavy atom. The third kappa shape index (κ3) is 2.04. The second kappa shape index (κ2) is 4.63. The first-order chi connectivity index (χ1) is 7.63. The summed E-state index contributed by atoms with van der Waals surface area (Å²) in [5.74, 6) is 0.133. The van der Waals surface area contributed by atoms with Crippen molar-refractivity contribution in [3.63, 3.8) is 0 Å². The zero-order valence-corrected chi connectivity index (χ0v) is 11.5. The lowest BCUT2D eigenvalue weighted by Crippen LogP contribution is -1.98. The van der Waals surface area contributed by atoms with Gasteiger partial charge in [-0.05, 0) is 47.7 Å². The lowest BCUT2D eigenvalue weighted by molar-refractivity contribution is 0.472. The van der Waals surface area contributed by atoms with Crippen molar-refractivity contribution in [1.29, 1.82) is 0 Å². The molecule has 0 aliphatic rings. The number of aromatic hydroxyl groups is 1. The maximum atomic E-state index is 9.59. The lowest BCUT2D eigenvalue weighted by atomic mass is 10.1. The van der Waals surface area contributed by atoms with Gasteiger partial charge >= 0.3 is 0 Å². The fourth-order valence-corrected chi connectivity index (χ4v) is 2.55. The largest absolute Gasteiger partial charge is 0.505 e. The van der Waals surface area contributed by atoms with E-state index >= 15 is 0 Å². The van der Waals surface area contributed by atoms with Crippen LogP contribution in [-0.4, -0.2) is 14.9 Å². The molecule has 84 valence electrons. The number of phenols is 1. The minimum absolute atomic E-state index is 0.133. The normalized spacial score (nSPS) is 10.7. The summed E-state index contributed by atoms with van der Waals surface area (Å²) in [4.78, 5) is 0. The Balaban J connectivity index is 2.57. The molecule has 1 aromatic heterocycles. The van der Waals surface area contributed by atoms with Crippen molar-refractivity contribution in [2.24, 2.45) is 0 Å². The van der Waals surface area contributed by atoms with Crippen molar-refractivity contribution in [1.82, 2.24) is 9.78 Å². The van der Waals surface area contributed by atoms with Crippen LogP contribution in [-0.2, 0) is 6.54 Å². The van der Waals surface area contributed by atoms with E-state index in [4.69, 9.17) is 11.6 Å². The fourth-order valence-electron chi connectivity index (χ4n) is 1.54. The summed E-state index contributed by atoms with van der Waals surface area (Å²) in [6, 6.07) is 5.58. The van der Waals surface area contributed by atoms with E-state index in [2.05, 4.69) is 27.7 Å². The molecule has 16 heavy (non-hydrogen) atoms. The first-order valence-electron chi connectivity index (χ1n) is 4.83. The van der Waals surface area contributed by atoms with Gasteiger partial charge < -0.3 is 5.11 Å². The van der Waals surface area contributed by atoms with E-state index in [1.54, 1.807) is 12.3 Å². The van der Waals surface area contributed by atoms with Gasteiger partial charge in [-0.15, -0.1) is 0 Å². The second-order valence-electron chi connectivity index (χ2n) is 3.32. The molecule has 0 amide bonds.